The van der Waals surface area contributed by atoms with Crippen molar-refractivity contribution in [2.75, 3.05) is 39.2 Å². The fraction of sp³-hybridized carbons (Fsp3) is 0.389. The summed E-state index contributed by atoms with van der Waals surface area (Å²) >= 11 is 0. The molecule has 1 fully saturated rings. The van der Waals surface area contributed by atoms with Crippen LogP contribution in [-0.4, -0.2) is 43.7 Å². The molecule has 1 aromatic carbocycles. The molecule has 1 saturated heterocycles. The van der Waals surface area contributed by atoms with Gasteiger partial charge in [0.15, 0.2) is 11.6 Å². The molecule has 128 valence electrons. The second-order valence-electron chi connectivity index (χ2n) is 5.76. The Bertz CT molecular complexity index is 696. The van der Waals surface area contributed by atoms with Crippen molar-refractivity contribution in [2.24, 2.45) is 0 Å². The summed E-state index contributed by atoms with van der Waals surface area (Å²) in [5.74, 6) is 0.770. The van der Waals surface area contributed by atoms with Gasteiger partial charge in [-0.15, -0.1) is 0 Å². The lowest BCUT2D eigenvalue weighted by Crippen LogP contribution is -2.38. The molecule has 1 aromatic heterocycles. The first-order valence-electron chi connectivity index (χ1n) is 8.00. The fourth-order valence-electron chi connectivity index (χ4n) is 2.86. The average molecular weight is 331 g/mol. The van der Waals surface area contributed by atoms with Gasteiger partial charge in [-0.25, -0.2) is 9.37 Å². The number of rotatable bonds is 5. The second-order valence-corrected chi connectivity index (χ2v) is 5.76. The lowest BCUT2D eigenvalue weighted by Gasteiger charge is -2.32. The van der Waals surface area contributed by atoms with Crippen molar-refractivity contribution in [3.63, 3.8) is 0 Å². The van der Waals surface area contributed by atoms with Gasteiger partial charge in [0.1, 0.15) is 11.9 Å². The highest BCUT2D eigenvalue weighted by Crippen LogP contribution is 2.24. The van der Waals surface area contributed by atoms with Gasteiger partial charge in [-0.3, -0.25) is 4.90 Å². The quantitative estimate of drug-likeness (QED) is 0.913. The van der Waals surface area contributed by atoms with E-state index in [0.29, 0.717) is 6.61 Å². The molecule has 0 spiro atoms. The minimum Gasteiger partial charge on any atom is -0.494 e. The van der Waals surface area contributed by atoms with Gasteiger partial charge >= 0.3 is 0 Å². The molecule has 2 aromatic rings. The Hall–Kier alpha value is -2.18. The summed E-state index contributed by atoms with van der Waals surface area (Å²) in [6.07, 6.45) is -0.0607. The predicted octanol–water partition coefficient (Wildman–Crippen LogP) is 2.84. The van der Waals surface area contributed by atoms with E-state index in [9.17, 15) is 4.39 Å². The molecular weight excluding hydrogens is 309 g/mol. The van der Waals surface area contributed by atoms with E-state index in [4.69, 9.17) is 9.47 Å². The second kappa shape index (κ2) is 7.59. The number of morpholine rings is 1. The van der Waals surface area contributed by atoms with Crippen LogP contribution in [0.2, 0.25) is 0 Å². The van der Waals surface area contributed by atoms with E-state index < -0.39 is 0 Å². The van der Waals surface area contributed by atoms with Gasteiger partial charge in [-0.05, 0) is 29.8 Å². The third kappa shape index (κ3) is 3.83. The topological polar surface area (TPSA) is 46.6 Å². The molecule has 0 unspecified atom stereocenters. The number of hydrogen-bond donors (Lipinski definition) is 1. The van der Waals surface area contributed by atoms with Crippen LogP contribution in [-0.2, 0) is 11.3 Å². The third-order valence-corrected chi connectivity index (χ3v) is 4.13. The number of benzene rings is 1. The number of nitrogens with zero attached hydrogens (tertiary/aromatic N) is 2. The van der Waals surface area contributed by atoms with Gasteiger partial charge in [0, 0.05) is 26.7 Å². The summed E-state index contributed by atoms with van der Waals surface area (Å²) in [6, 6.07) is 10.9. The Morgan fingerprint density at radius 3 is 3.04 bits per heavy atom. The maximum atomic E-state index is 13.5. The first kappa shape index (κ1) is 16.7. The Labute approximate surface area is 141 Å². The molecule has 0 amide bonds. The normalized spacial score (nSPS) is 18.4. The summed E-state index contributed by atoms with van der Waals surface area (Å²) in [5.41, 5.74) is 1.94. The van der Waals surface area contributed by atoms with Crippen LogP contribution in [0.15, 0.2) is 36.4 Å². The van der Waals surface area contributed by atoms with Crippen molar-refractivity contribution in [1.29, 1.82) is 0 Å². The zero-order valence-corrected chi connectivity index (χ0v) is 14.0. The van der Waals surface area contributed by atoms with E-state index in [-0.39, 0.29) is 17.7 Å². The summed E-state index contributed by atoms with van der Waals surface area (Å²) in [7, 11) is 3.33. The molecule has 1 aliphatic heterocycles. The number of aromatic nitrogens is 1. The van der Waals surface area contributed by atoms with Gasteiger partial charge in [0.05, 0.1) is 19.4 Å². The molecule has 0 radical (unpaired) electrons. The van der Waals surface area contributed by atoms with E-state index >= 15 is 0 Å². The molecule has 1 aliphatic rings. The van der Waals surface area contributed by atoms with E-state index in [1.165, 1.54) is 13.2 Å². The lowest BCUT2D eigenvalue weighted by atomic mass is 10.1. The lowest BCUT2D eigenvalue weighted by molar-refractivity contribution is -0.0349. The SMILES string of the molecule is CNc1cccc([C@H]2CN(Cc3ccc(F)c(OC)c3)CCO2)n1. The summed E-state index contributed by atoms with van der Waals surface area (Å²) in [4.78, 5) is 6.85. The first-order valence-corrected chi connectivity index (χ1v) is 8.00. The Balaban J connectivity index is 1.69. The Kier molecular flexibility index (Phi) is 5.27. The molecule has 2 heterocycles. The Morgan fingerprint density at radius 2 is 2.25 bits per heavy atom. The van der Waals surface area contributed by atoms with Crippen LogP contribution in [0.1, 0.15) is 17.4 Å². The van der Waals surface area contributed by atoms with Crippen molar-refractivity contribution in [3.8, 4) is 5.75 Å². The number of nitrogens with one attached hydrogen (secondary N) is 1. The molecule has 6 heteroatoms. The molecule has 0 aliphatic carbocycles. The van der Waals surface area contributed by atoms with Crippen LogP contribution >= 0.6 is 0 Å². The summed E-state index contributed by atoms with van der Waals surface area (Å²) in [6.45, 7) is 2.96. The van der Waals surface area contributed by atoms with Gasteiger partial charge in [-0.1, -0.05) is 12.1 Å². The highest BCUT2D eigenvalue weighted by Gasteiger charge is 2.23. The Morgan fingerprint density at radius 1 is 1.38 bits per heavy atom. The predicted molar refractivity (Wildman–Crippen MR) is 90.7 cm³/mol. The monoisotopic (exact) mass is 331 g/mol. The van der Waals surface area contributed by atoms with Crippen molar-refractivity contribution >= 4 is 5.82 Å². The largest absolute Gasteiger partial charge is 0.494 e. The molecule has 0 saturated carbocycles. The van der Waals surface area contributed by atoms with Gasteiger partial charge in [-0.2, -0.15) is 0 Å². The smallest absolute Gasteiger partial charge is 0.165 e. The molecule has 0 bridgehead atoms. The zero-order chi connectivity index (χ0) is 16.9. The molecule has 1 atom stereocenters. The summed E-state index contributed by atoms with van der Waals surface area (Å²) < 4.78 is 24.5. The minimum absolute atomic E-state index is 0.0607. The van der Waals surface area contributed by atoms with Crippen LogP contribution in [0.4, 0.5) is 10.2 Å². The van der Waals surface area contributed by atoms with E-state index in [1.807, 2.05) is 25.2 Å². The van der Waals surface area contributed by atoms with Crippen LogP contribution in [0.25, 0.3) is 0 Å². The average Bonchev–Trinajstić information content (AvgIpc) is 2.63. The van der Waals surface area contributed by atoms with Gasteiger partial charge in [0.25, 0.3) is 0 Å². The molecule has 1 N–H and O–H groups in total. The van der Waals surface area contributed by atoms with Crippen LogP contribution in [0.5, 0.6) is 5.75 Å². The number of pyridine rings is 1. The van der Waals surface area contributed by atoms with Crippen molar-refractivity contribution in [2.45, 2.75) is 12.6 Å². The molecular formula is C18H22FN3O2. The van der Waals surface area contributed by atoms with Crippen LogP contribution in [0, 0.1) is 5.82 Å². The van der Waals surface area contributed by atoms with Gasteiger partial charge < -0.3 is 14.8 Å². The highest BCUT2D eigenvalue weighted by molar-refractivity contribution is 5.35. The van der Waals surface area contributed by atoms with Crippen LogP contribution < -0.4 is 10.1 Å². The molecule has 24 heavy (non-hydrogen) atoms. The third-order valence-electron chi connectivity index (χ3n) is 4.13. The van der Waals surface area contributed by atoms with E-state index in [0.717, 1.165) is 36.7 Å². The van der Waals surface area contributed by atoms with Crippen molar-refractivity contribution in [1.82, 2.24) is 9.88 Å². The van der Waals surface area contributed by atoms with E-state index in [2.05, 4.69) is 15.2 Å². The number of halogens is 1. The highest BCUT2D eigenvalue weighted by atomic mass is 19.1. The fourth-order valence-corrected chi connectivity index (χ4v) is 2.86. The van der Waals surface area contributed by atoms with Crippen molar-refractivity contribution in [3.05, 3.63) is 53.5 Å². The minimum atomic E-state index is -0.339. The summed E-state index contributed by atoms with van der Waals surface area (Å²) in [5, 5.41) is 3.05. The van der Waals surface area contributed by atoms with Crippen LogP contribution in [0.3, 0.4) is 0 Å². The van der Waals surface area contributed by atoms with E-state index in [1.54, 1.807) is 12.1 Å². The standard InChI is InChI=1S/C18H22FN3O2/c1-20-18-5-3-4-15(21-18)17-12-22(8-9-24-17)11-13-6-7-14(19)16(10-13)23-2/h3-7,10,17H,8-9,11-12H2,1-2H3,(H,20,21)/t17-/m1/s1. The maximum absolute atomic E-state index is 13.5. The first-order chi connectivity index (χ1) is 11.7. The van der Waals surface area contributed by atoms with Gasteiger partial charge in [0.2, 0.25) is 0 Å². The number of ether oxygens (including phenoxy) is 2. The maximum Gasteiger partial charge on any atom is 0.165 e. The molecule has 5 nitrogen and oxygen atoms in total. The zero-order valence-electron chi connectivity index (χ0n) is 14.0. The number of methoxy groups -OCH3 is 1. The number of hydrogen-bond acceptors (Lipinski definition) is 5. The van der Waals surface area contributed by atoms with Crippen molar-refractivity contribution < 1.29 is 13.9 Å². The number of anilines is 1. The molecule has 3 rings (SSSR count).